The standard InChI is InChI=1S/C64H127NO4/c1-3-5-7-9-11-13-15-17-19-21-23-24-25-26-27-28-29-30-31-32-33-34-35-36-37-38-40-41-43-45-47-49-51-53-55-57-61(67)59-64(69)65-62(60-66)63(68)58-56-54-52-50-48-46-44-42-39-22-20-18-16-14-12-10-8-6-4-2/h30-31,61-63,66-68H,3-29,32-60H2,1-2H3,(H,65,69)/b31-30-. The van der Waals surface area contributed by atoms with E-state index in [1.54, 1.807) is 0 Å². The number of aliphatic hydroxyl groups excluding tert-OH is 3. The van der Waals surface area contributed by atoms with Gasteiger partial charge in [0.2, 0.25) is 5.91 Å². The third-order valence-electron chi connectivity index (χ3n) is 15.3. The Morgan fingerprint density at radius 1 is 0.348 bits per heavy atom. The van der Waals surface area contributed by atoms with Crippen molar-refractivity contribution in [1.82, 2.24) is 5.32 Å². The summed E-state index contributed by atoms with van der Waals surface area (Å²) >= 11 is 0. The number of carbonyl (C=O) groups is 1. The average molecular weight is 975 g/mol. The van der Waals surface area contributed by atoms with Crippen LogP contribution < -0.4 is 5.32 Å². The number of hydrogen-bond acceptors (Lipinski definition) is 4. The predicted octanol–water partition coefficient (Wildman–Crippen LogP) is 20.2. The number of amides is 1. The average Bonchev–Trinajstić information content (AvgIpc) is 3.35. The van der Waals surface area contributed by atoms with Gasteiger partial charge in [0.1, 0.15) is 0 Å². The van der Waals surface area contributed by atoms with E-state index in [0.29, 0.717) is 12.8 Å². The molecule has 0 saturated carbocycles. The fourth-order valence-electron chi connectivity index (χ4n) is 10.5. The van der Waals surface area contributed by atoms with E-state index in [1.165, 1.54) is 308 Å². The van der Waals surface area contributed by atoms with Gasteiger partial charge in [0, 0.05) is 0 Å². The second-order valence-electron chi connectivity index (χ2n) is 22.4. The van der Waals surface area contributed by atoms with Gasteiger partial charge in [0.05, 0.1) is 31.3 Å². The lowest BCUT2D eigenvalue weighted by Gasteiger charge is -2.23. The fraction of sp³-hybridized carbons (Fsp3) is 0.953. The summed E-state index contributed by atoms with van der Waals surface area (Å²) in [7, 11) is 0. The Kier molecular flexibility index (Phi) is 58.9. The van der Waals surface area contributed by atoms with E-state index in [0.717, 1.165) is 25.7 Å². The van der Waals surface area contributed by atoms with Crippen LogP contribution in [0.1, 0.15) is 367 Å². The highest BCUT2D eigenvalue weighted by Gasteiger charge is 2.21. The van der Waals surface area contributed by atoms with Crippen LogP contribution in [0.3, 0.4) is 0 Å². The molecule has 0 aliphatic rings. The fourth-order valence-corrected chi connectivity index (χ4v) is 10.5. The van der Waals surface area contributed by atoms with Gasteiger partial charge in [-0.3, -0.25) is 4.79 Å². The molecule has 0 aliphatic heterocycles. The second kappa shape index (κ2) is 59.7. The molecule has 0 heterocycles. The van der Waals surface area contributed by atoms with Crippen LogP contribution in [0.2, 0.25) is 0 Å². The first-order chi connectivity index (χ1) is 34.0. The summed E-state index contributed by atoms with van der Waals surface area (Å²) in [4.78, 5) is 12.6. The molecular formula is C64H127NO4. The van der Waals surface area contributed by atoms with Crippen LogP contribution in [0.5, 0.6) is 0 Å². The first kappa shape index (κ1) is 68.1. The summed E-state index contributed by atoms with van der Waals surface area (Å²) in [6, 6.07) is -0.656. The number of allylic oxidation sites excluding steroid dienone is 2. The minimum atomic E-state index is -0.747. The second-order valence-corrected chi connectivity index (χ2v) is 22.4. The number of aliphatic hydroxyl groups is 3. The van der Waals surface area contributed by atoms with Crippen molar-refractivity contribution >= 4 is 5.91 Å². The zero-order chi connectivity index (χ0) is 50.0. The van der Waals surface area contributed by atoms with Crippen molar-refractivity contribution in [3.8, 4) is 0 Å². The molecule has 0 radical (unpaired) electrons. The maximum absolute atomic E-state index is 12.6. The Morgan fingerprint density at radius 2 is 0.580 bits per heavy atom. The molecule has 0 spiro atoms. The monoisotopic (exact) mass is 974 g/mol. The van der Waals surface area contributed by atoms with Crippen LogP contribution in [0.4, 0.5) is 0 Å². The molecule has 0 aromatic heterocycles. The molecule has 0 rings (SSSR count). The lowest BCUT2D eigenvalue weighted by molar-refractivity contribution is -0.125. The van der Waals surface area contributed by atoms with E-state index in [4.69, 9.17) is 0 Å². The van der Waals surface area contributed by atoms with E-state index in [-0.39, 0.29) is 18.9 Å². The molecular weight excluding hydrogens is 847 g/mol. The molecule has 69 heavy (non-hydrogen) atoms. The van der Waals surface area contributed by atoms with Crippen LogP contribution in [0, 0.1) is 0 Å². The molecule has 0 aromatic rings. The van der Waals surface area contributed by atoms with Crippen molar-refractivity contribution < 1.29 is 20.1 Å². The zero-order valence-corrected chi connectivity index (χ0v) is 47.2. The Labute approximate surface area is 433 Å². The number of nitrogens with one attached hydrogen (secondary N) is 1. The van der Waals surface area contributed by atoms with Crippen LogP contribution in [0.15, 0.2) is 12.2 Å². The van der Waals surface area contributed by atoms with E-state index in [2.05, 4.69) is 31.3 Å². The molecule has 412 valence electrons. The number of hydrogen-bond donors (Lipinski definition) is 4. The van der Waals surface area contributed by atoms with E-state index in [9.17, 15) is 20.1 Å². The molecule has 1 amide bonds. The molecule has 4 N–H and O–H groups in total. The molecule has 0 saturated heterocycles. The number of unbranched alkanes of at least 4 members (excludes halogenated alkanes) is 49. The number of carbonyl (C=O) groups excluding carboxylic acids is 1. The van der Waals surface area contributed by atoms with Crippen molar-refractivity contribution in [3.05, 3.63) is 12.2 Å². The van der Waals surface area contributed by atoms with Crippen molar-refractivity contribution in [1.29, 1.82) is 0 Å². The minimum Gasteiger partial charge on any atom is -0.394 e. The predicted molar refractivity (Wildman–Crippen MR) is 305 cm³/mol. The summed E-state index contributed by atoms with van der Waals surface area (Å²) in [5, 5.41) is 33.7. The van der Waals surface area contributed by atoms with E-state index in [1.807, 2.05) is 0 Å². The Hall–Kier alpha value is -0.910. The minimum absolute atomic E-state index is 0.0414. The SMILES string of the molecule is CCCCCCCCCCCCCCCCCC/C=C\CCCCCCCCCCCCCCCCCC(O)CC(=O)NC(CO)C(O)CCCCCCCCCCCCCCCCCCCCC. The normalized spacial score (nSPS) is 13.2. The summed E-state index contributed by atoms with van der Waals surface area (Å²) in [5.41, 5.74) is 0. The third kappa shape index (κ3) is 56.2. The molecule has 0 fully saturated rings. The van der Waals surface area contributed by atoms with Crippen LogP contribution in [-0.2, 0) is 4.79 Å². The lowest BCUT2D eigenvalue weighted by Crippen LogP contribution is -2.46. The summed E-state index contributed by atoms with van der Waals surface area (Å²) in [6.45, 7) is 4.31. The Morgan fingerprint density at radius 3 is 0.841 bits per heavy atom. The smallest absolute Gasteiger partial charge is 0.222 e. The van der Waals surface area contributed by atoms with Crippen molar-refractivity contribution in [3.63, 3.8) is 0 Å². The van der Waals surface area contributed by atoms with E-state index < -0.39 is 18.2 Å². The van der Waals surface area contributed by atoms with Crippen LogP contribution in [-0.4, -0.2) is 46.1 Å². The molecule has 0 bridgehead atoms. The highest BCUT2D eigenvalue weighted by atomic mass is 16.3. The van der Waals surface area contributed by atoms with Gasteiger partial charge in [0.25, 0.3) is 0 Å². The largest absolute Gasteiger partial charge is 0.394 e. The first-order valence-corrected chi connectivity index (χ1v) is 32.0. The van der Waals surface area contributed by atoms with Gasteiger partial charge < -0.3 is 20.6 Å². The highest BCUT2D eigenvalue weighted by molar-refractivity contribution is 5.76. The van der Waals surface area contributed by atoms with Gasteiger partial charge >= 0.3 is 0 Å². The topological polar surface area (TPSA) is 89.8 Å². The molecule has 0 aromatic carbocycles. The molecule has 5 heteroatoms. The first-order valence-electron chi connectivity index (χ1n) is 32.0. The van der Waals surface area contributed by atoms with Crippen molar-refractivity contribution in [2.24, 2.45) is 0 Å². The van der Waals surface area contributed by atoms with Crippen molar-refractivity contribution in [2.75, 3.05) is 6.61 Å². The van der Waals surface area contributed by atoms with Crippen LogP contribution in [0.25, 0.3) is 0 Å². The van der Waals surface area contributed by atoms with Gasteiger partial charge in [-0.1, -0.05) is 334 Å². The maximum Gasteiger partial charge on any atom is 0.222 e. The molecule has 3 unspecified atom stereocenters. The molecule has 3 atom stereocenters. The van der Waals surface area contributed by atoms with Crippen molar-refractivity contribution in [2.45, 2.75) is 385 Å². The molecule has 0 aliphatic carbocycles. The zero-order valence-electron chi connectivity index (χ0n) is 47.2. The van der Waals surface area contributed by atoms with Crippen LogP contribution >= 0.6 is 0 Å². The van der Waals surface area contributed by atoms with Gasteiger partial charge in [-0.05, 0) is 38.5 Å². The summed E-state index contributed by atoms with van der Waals surface area (Å²) in [6.07, 6.45) is 75.5. The Balaban J connectivity index is 3.44. The quantitative estimate of drug-likeness (QED) is 0.0361. The van der Waals surface area contributed by atoms with E-state index >= 15 is 0 Å². The number of rotatable bonds is 60. The summed E-state index contributed by atoms with van der Waals surface area (Å²) in [5.74, 6) is -0.275. The van der Waals surface area contributed by atoms with Gasteiger partial charge in [-0.2, -0.15) is 0 Å². The lowest BCUT2D eigenvalue weighted by atomic mass is 10.0. The highest BCUT2D eigenvalue weighted by Crippen LogP contribution is 2.19. The maximum atomic E-state index is 12.6. The van der Waals surface area contributed by atoms with Gasteiger partial charge in [0.15, 0.2) is 0 Å². The Bertz CT molecular complexity index is 987. The third-order valence-corrected chi connectivity index (χ3v) is 15.3. The summed E-state index contributed by atoms with van der Waals surface area (Å²) < 4.78 is 0. The van der Waals surface area contributed by atoms with Gasteiger partial charge in [-0.15, -0.1) is 0 Å². The molecule has 5 nitrogen and oxygen atoms in total. The van der Waals surface area contributed by atoms with Gasteiger partial charge in [-0.25, -0.2) is 0 Å².